The third-order valence-corrected chi connectivity index (χ3v) is 4.75. The number of thiophene rings is 1. The van der Waals surface area contributed by atoms with Crippen LogP contribution in [-0.4, -0.2) is 29.1 Å². The van der Waals surface area contributed by atoms with Gasteiger partial charge in [0.1, 0.15) is 11.5 Å². The van der Waals surface area contributed by atoms with Crippen LogP contribution in [0.4, 0.5) is 18.0 Å². The molecule has 122 valence electrons. The Hall–Kier alpha value is -2.09. The van der Waals surface area contributed by atoms with Crippen LogP contribution in [0.15, 0.2) is 24.4 Å². The number of aromatic nitrogens is 1. The molecule has 0 aromatic carbocycles. The largest absolute Gasteiger partial charge is 0.448 e. The summed E-state index contributed by atoms with van der Waals surface area (Å²) in [4.78, 5) is 17.2. The lowest BCUT2D eigenvalue weighted by atomic mass is 10.1. The number of amides is 1. The highest BCUT2D eigenvalue weighted by molar-refractivity contribution is 7.15. The van der Waals surface area contributed by atoms with Gasteiger partial charge in [-0.25, -0.2) is 4.79 Å². The smallest absolute Gasteiger partial charge is 0.425 e. The summed E-state index contributed by atoms with van der Waals surface area (Å²) in [5, 5.41) is 0. The molecule has 0 saturated carbocycles. The molecule has 1 fully saturated rings. The highest BCUT2D eigenvalue weighted by Gasteiger charge is 2.32. The molecule has 1 saturated heterocycles. The zero-order chi connectivity index (χ0) is 16.6. The molecule has 1 aliphatic rings. The zero-order valence-electron chi connectivity index (χ0n) is 12.2. The van der Waals surface area contributed by atoms with E-state index in [0.717, 1.165) is 17.3 Å². The van der Waals surface area contributed by atoms with Gasteiger partial charge in [-0.2, -0.15) is 13.2 Å². The van der Waals surface area contributed by atoms with Gasteiger partial charge < -0.3 is 9.64 Å². The van der Waals surface area contributed by atoms with Gasteiger partial charge in [0.15, 0.2) is 0 Å². The molecular weight excluding hydrogens is 329 g/mol. The fraction of sp³-hybridized carbons (Fsp3) is 0.333. The van der Waals surface area contributed by atoms with Crippen molar-refractivity contribution in [3.63, 3.8) is 0 Å². The van der Waals surface area contributed by atoms with Crippen LogP contribution in [-0.2, 0) is 17.5 Å². The molecule has 0 bridgehead atoms. The Morgan fingerprint density at radius 1 is 1.39 bits per heavy atom. The molecule has 8 heteroatoms. The predicted octanol–water partition coefficient (Wildman–Crippen LogP) is 4.09. The maximum atomic E-state index is 12.7. The molecule has 0 unspecified atom stereocenters. The lowest BCUT2D eigenvalue weighted by Crippen LogP contribution is -2.24. The topological polar surface area (TPSA) is 42.4 Å². The summed E-state index contributed by atoms with van der Waals surface area (Å²) in [5.74, 6) is 0. The summed E-state index contributed by atoms with van der Waals surface area (Å²) in [6, 6.07) is 4.28. The van der Waals surface area contributed by atoms with E-state index in [1.807, 2.05) is 0 Å². The molecule has 2 aromatic heterocycles. The summed E-state index contributed by atoms with van der Waals surface area (Å²) < 4.78 is 43.0. The van der Waals surface area contributed by atoms with Crippen molar-refractivity contribution in [2.75, 3.05) is 13.2 Å². The molecule has 1 amide bonds. The highest BCUT2D eigenvalue weighted by Crippen LogP contribution is 2.38. The van der Waals surface area contributed by atoms with Crippen molar-refractivity contribution in [3.05, 3.63) is 40.5 Å². The second kappa shape index (κ2) is 5.84. The molecule has 0 radical (unpaired) electrons. The molecular formula is C15H13F3N2O2S. The van der Waals surface area contributed by atoms with Gasteiger partial charge in [-0.15, -0.1) is 11.3 Å². The number of pyridine rings is 1. The van der Waals surface area contributed by atoms with Crippen molar-refractivity contribution >= 4 is 17.4 Å². The molecule has 3 heterocycles. The number of hydrogen-bond acceptors (Lipinski definition) is 4. The normalized spacial score (nSPS) is 15.1. The van der Waals surface area contributed by atoms with Crippen LogP contribution in [0.2, 0.25) is 0 Å². The molecule has 2 aromatic rings. The highest BCUT2D eigenvalue weighted by atomic mass is 32.1. The molecule has 0 N–H and O–H groups in total. The Morgan fingerprint density at radius 2 is 2.17 bits per heavy atom. The van der Waals surface area contributed by atoms with Crippen molar-refractivity contribution in [1.29, 1.82) is 0 Å². The SMILES string of the molecule is Cc1ncc(-c2ccc(C(F)(F)F)s2)cc1CN1CCOC1=O. The zero-order valence-corrected chi connectivity index (χ0v) is 13.0. The van der Waals surface area contributed by atoms with Gasteiger partial charge in [-0.3, -0.25) is 4.98 Å². The van der Waals surface area contributed by atoms with E-state index in [-0.39, 0.29) is 6.09 Å². The first-order valence-electron chi connectivity index (χ1n) is 6.89. The Kier molecular flexibility index (Phi) is 4.01. The van der Waals surface area contributed by atoms with Crippen LogP contribution in [0.3, 0.4) is 0 Å². The molecule has 0 aliphatic carbocycles. The standard InChI is InChI=1S/C15H13F3N2O2S/c1-9-11(8-20-4-5-22-14(20)21)6-10(7-19-9)12-2-3-13(23-12)15(16,17)18/h2-3,6-7H,4-5,8H2,1H3. The first-order chi connectivity index (χ1) is 10.8. The minimum absolute atomic E-state index is 0.336. The van der Waals surface area contributed by atoms with Crippen molar-refractivity contribution in [3.8, 4) is 10.4 Å². The molecule has 0 atom stereocenters. The monoisotopic (exact) mass is 342 g/mol. The third kappa shape index (κ3) is 3.31. The van der Waals surface area contributed by atoms with E-state index in [9.17, 15) is 18.0 Å². The van der Waals surface area contributed by atoms with Crippen molar-refractivity contribution in [2.24, 2.45) is 0 Å². The Morgan fingerprint density at radius 3 is 2.78 bits per heavy atom. The lowest BCUT2D eigenvalue weighted by Gasteiger charge is -2.14. The van der Waals surface area contributed by atoms with Gasteiger partial charge in [0.05, 0.1) is 13.1 Å². The Balaban J connectivity index is 1.88. The Labute approximate surface area is 134 Å². The number of ether oxygens (including phenoxy) is 1. The van der Waals surface area contributed by atoms with Gasteiger partial charge in [-0.1, -0.05) is 0 Å². The second-order valence-corrected chi connectivity index (χ2v) is 6.25. The number of cyclic esters (lactones) is 1. The van der Waals surface area contributed by atoms with E-state index < -0.39 is 11.1 Å². The molecule has 23 heavy (non-hydrogen) atoms. The first-order valence-corrected chi connectivity index (χ1v) is 7.71. The molecule has 4 nitrogen and oxygen atoms in total. The maximum absolute atomic E-state index is 12.7. The average Bonchev–Trinajstić information content (AvgIpc) is 3.11. The quantitative estimate of drug-likeness (QED) is 0.844. The number of aryl methyl sites for hydroxylation is 1. The van der Waals surface area contributed by atoms with Gasteiger partial charge >= 0.3 is 12.3 Å². The van der Waals surface area contributed by atoms with Crippen LogP contribution >= 0.6 is 11.3 Å². The van der Waals surface area contributed by atoms with Gasteiger partial charge in [0, 0.05) is 22.3 Å². The number of nitrogens with zero attached hydrogens (tertiary/aromatic N) is 2. The summed E-state index contributed by atoms with van der Waals surface area (Å²) in [5.41, 5.74) is 2.14. The maximum Gasteiger partial charge on any atom is 0.425 e. The lowest BCUT2D eigenvalue weighted by molar-refractivity contribution is -0.134. The van der Waals surface area contributed by atoms with E-state index in [1.165, 1.54) is 6.07 Å². The van der Waals surface area contributed by atoms with Crippen LogP contribution in [0.25, 0.3) is 10.4 Å². The van der Waals surface area contributed by atoms with Crippen molar-refractivity contribution in [2.45, 2.75) is 19.6 Å². The average molecular weight is 342 g/mol. The number of rotatable bonds is 3. The number of alkyl halides is 3. The molecule has 0 spiro atoms. The van der Waals surface area contributed by atoms with Crippen LogP contribution in [0.5, 0.6) is 0 Å². The van der Waals surface area contributed by atoms with Gasteiger partial charge in [-0.05, 0) is 30.7 Å². The molecule has 1 aliphatic heterocycles. The first kappa shape index (κ1) is 15.8. The Bertz CT molecular complexity index is 743. The minimum Gasteiger partial charge on any atom is -0.448 e. The second-order valence-electron chi connectivity index (χ2n) is 5.17. The van der Waals surface area contributed by atoms with Gasteiger partial charge in [0.2, 0.25) is 0 Å². The predicted molar refractivity (Wildman–Crippen MR) is 79.0 cm³/mol. The number of carbonyl (C=O) groups is 1. The van der Waals surface area contributed by atoms with Crippen molar-refractivity contribution < 1.29 is 22.7 Å². The summed E-state index contributed by atoms with van der Waals surface area (Å²) in [6.07, 6.45) is -3.18. The third-order valence-electron chi connectivity index (χ3n) is 3.57. The van der Waals surface area contributed by atoms with E-state index >= 15 is 0 Å². The number of hydrogen-bond donors (Lipinski definition) is 0. The van der Waals surface area contributed by atoms with E-state index in [4.69, 9.17) is 4.74 Å². The van der Waals surface area contributed by atoms with E-state index in [1.54, 1.807) is 24.1 Å². The van der Waals surface area contributed by atoms with Crippen LogP contribution < -0.4 is 0 Å². The van der Waals surface area contributed by atoms with Crippen LogP contribution in [0.1, 0.15) is 16.1 Å². The molecule has 3 rings (SSSR count). The summed E-state index contributed by atoms with van der Waals surface area (Å²) >= 11 is 0.681. The summed E-state index contributed by atoms with van der Waals surface area (Å²) in [7, 11) is 0. The fourth-order valence-electron chi connectivity index (χ4n) is 2.29. The number of carbonyl (C=O) groups excluding carboxylic acids is 1. The number of halogens is 3. The van der Waals surface area contributed by atoms with E-state index in [2.05, 4.69) is 4.98 Å². The van der Waals surface area contributed by atoms with E-state index in [0.29, 0.717) is 41.5 Å². The minimum atomic E-state index is -4.34. The van der Waals surface area contributed by atoms with Gasteiger partial charge in [0.25, 0.3) is 0 Å². The van der Waals surface area contributed by atoms with Crippen molar-refractivity contribution in [1.82, 2.24) is 9.88 Å². The van der Waals surface area contributed by atoms with Crippen LogP contribution in [0, 0.1) is 6.92 Å². The summed E-state index contributed by atoms with van der Waals surface area (Å²) in [6.45, 7) is 2.99. The fourth-order valence-corrected chi connectivity index (χ4v) is 3.15.